The predicted molar refractivity (Wildman–Crippen MR) is 96.9 cm³/mol. The third-order valence-electron chi connectivity index (χ3n) is 4.46. The van der Waals surface area contributed by atoms with E-state index in [4.69, 9.17) is 5.11 Å². The molecule has 130 valence electrons. The third kappa shape index (κ3) is 4.67. The average molecular weight is 338 g/mol. The van der Waals surface area contributed by atoms with Crippen molar-refractivity contribution in [2.45, 2.75) is 25.8 Å². The first-order valence-corrected chi connectivity index (χ1v) is 8.58. The molecule has 3 rings (SSSR count). The maximum absolute atomic E-state index is 12.3. The van der Waals surface area contributed by atoms with Crippen LogP contribution >= 0.6 is 0 Å². The van der Waals surface area contributed by atoms with Crippen molar-refractivity contribution in [3.63, 3.8) is 0 Å². The summed E-state index contributed by atoms with van der Waals surface area (Å²) in [7, 11) is 0. The van der Waals surface area contributed by atoms with Crippen molar-refractivity contribution < 1.29 is 14.7 Å². The van der Waals surface area contributed by atoms with E-state index in [9.17, 15) is 9.59 Å². The fraction of sp³-hybridized carbons (Fsp3) is 0.300. The lowest BCUT2D eigenvalue weighted by molar-refractivity contribution is 0.0696. The number of anilines is 1. The quantitative estimate of drug-likeness (QED) is 0.873. The molecule has 1 aliphatic heterocycles. The molecule has 2 N–H and O–H groups in total. The van der Waals surface area contributed by atoms with Gasteiger partial charge in [-0.05, 0) is 67.9 Å². The first kappa shape index (κ1) is 17.2. The first-order valence-electron chi connectivity index (χ1n) is 8.58. The van der Waals surface area contributed by atoms with Crippen molar-refractivity contribution in [1.29, 1.82) is 0 Å². The lowest BCUT2D eigenvalue weighted by Crippen LogP contribution is -2.29. The van der Waals surface area contributed by atoms with E-state index in [-0.39, 0.29) is 11.5 Å². The predicted octanol–water partition coefficient (Wildman–Crippen LogP) is 3.62. The summed E-state index contributed by atoms with van der Waals surface area (Å²) in [6.07, 6.45) is 3.85. The van der Waals surface area contributed by atoms with Crippen LogP contribution in [0.3, 0.4) is 0 Å². The number of nitrogens with one attached hydrogen (secondary N) is 1. The molecule has 1 amide bonds. The summed E-state index contributed by atoms with van der Waals surface area (Å²) in [5.74, 6) is -1.19. The van der Waals surface area contributed by atoms with Gasteiger partial charge in [-0.3, -0.25) is 9.69 Å². The monoisotopic (exact) mass is 338 g/mol. The number of hydrogen-bond donors (Lipinski definition) is 2. The average Bonchev–Trinajstić information content (AvgIpc) is 2.63. The standard InChI is InChI=1S/C20H22N2O3/c23-19(21-18-10-8-17(9-11-18)20(24)25)16-6-4-15(5-7-16)14-22-12-2-1-3-13-22/h4-11H,1-3,12-14H2,(H,21,23)(H,24,25). The largest absolute Gasteiger partial charge is 0.478 e. The van der Waals surface area contributed by atoms with Crippen molar-refractivity contribution in [3.05, 3.63) is 65.2 Å². The van der Waals surface area contributed by atoms with Crippen LogP contribution in [-0.4, -0.2) is 35.0 Å². The summed E-state index contributed by atoms with van der Waals surface area (Å²) < 4.78 is 0. The molecule has 0 saturated carbocycles. The molecule has 0 bridgehead atoms. The van der Waals surface area contributed by atoms with Crippen molar-refractivity contribution in [1.82, 2.24) is 4.90 Å². The van der Waals surface area contributed by atoms with Crippen molar-refractivity contribution in [2.24, 2.45) is 0 Å². The number of carbonyl (C=O) groups excluding carboxylic acids is 1. The van der Waals surface area contributed by atoms with E-state index < -0.39 is 5.97 Å². The van der Waals surface area contributed by atoms with Crippen LogP contribution < -0.4 is 5.32 Å². The Balaban J connectivity index is 1.59. The van der Waals surface area contributed by atoms with E-state index in [0.29, 0.717) is 11.3 Å². The Morgan fingerprint density at radius 3 is 2.08 bits per heavy atom. The number of rotatable bonds is 5. The molecular formula is C20H22N2O3. The molecule has 0 aliphatic carbocycles. The molecule has 2 aromatic carbocycles. The van der Waals surface area contributed by atoms with Gasteiger partial charge in [0.1, 0.15) is 0 Å². The van der Waals surface area contributed by atoms with Gasteiger partial charge in [-0.15, -0.1) is 0 Å². The van der Waals surface area contributed by atoms with Crippen LogP contribution in [0.1, 0.15) is 45.5 Å². The molecule has 1 aliphatic rings. The van der Waals surface area contributed by atoms with E-state index in [0.717, 1.165) is 19.6 Å². The normalized spacial score (nSPS) is 14.9. The van der Waals surface area contributed by atoms with Crippen LogP contribution in [0.5, 0.6) is 0 Å². The van der Waals surface area contributed by atoms with Crippen molar-refractivity contribution >= 4 is 17.6 Å². The van der Waals surface area contributed by atoms with Crippen LogP contribution in [0.25, 0.3) is 0 Å². The van der Waals surface area contributed by atoms with Crippen LogP contribution in [0.2, 0.25) is 0 Å². The highest BCUT2D eigenvalue weighted by molar-refractivity contribution is 6.04. The molecule has 0 aromatic heterocycles. The van der Waals surface area contributed by atoms with Crippen molar-refractivity contribution in [2.75, 3.05) is 18.4 Å². The molecule has 25 heavy (non-hydrogen) atoms. The van der Waals surface area contributed by atoms with Gasteiger partial charge in [0.05, 0.1) is 5.56 Å². The molecule has 2 aromatic rings. The van der Waals surface area contributed by atoms with Gasteiger partial charge < -0.3 is 10.4 Å². The number of hydrogen-bond acceptors (Lipinski definition) is 3. The SMILES string of the molecule is O=C(O)c1ccc(NC(=O)c2ccc(CN3CCCCC3)cc2)cc1. The fourth-order valence-corrected chi connectivity index (χ4v) is 3.04. The minimum absolute atomic E-state index is 0.195. The Hall–Kier alpha value is -2.66. The highest BCUT2D eigenvalue weighted by Crippen LogP contribution is 2.15. The molecule has 5 nitrogen and oxygen atoms in total. The highest BCUT2D eigenvalue weighted by Gasteiger charge is 2.11. The minimum Gasteiger partial charge on any atom is -0.478 e. The number of piperidine rings is 1. The number of carboxylic acid groups (broad SMARTS) is 1. The third-order valence-corrected chi connectivity index (χ3v) is 4.46. The number of carbonyl (C=O) groups is 2. The Kier molecular flexibility index (Phi) is 5.46. The lowest BCUT2D eigenvalue weighted by atomic mass is 10.1. The number of likely N-dealkylation sites (tertiary alicyclic amines) is 1. The van der Waals surface area contributed by atoms with Crippen molar-refractivity contribution in [3.8, 4) is 0 Å². The smallest absolute Gasteiger partial charge is 0.335 e. The molecule has 0 radical (unpaired) electrons. The highest BCUT2D eigenvalue weighted by atomic mass is 16.4. The summed E-state index contributed by atoms with van der Waals surface area (Å²) >= 11 is 0. The maximum Gasteiger partial charge on any atom is 0.335 e. The Morgan fingerprint density at radius 1 is 0.880 bits per heavy atom. The number of nitrogens with zero attached hydrogens (tertiary/aromatic N) is 1. The second-order valence-electron chi connectivity index (χ2n) is 6.37. The van der Waals surface area contributed by atoms with Gasteiger partial charge >= 0.3 is 5.97 Å². The van der Waals surface area contributed by atoms with Crippen LogP contribution in [0.15, 0.2) is 48.5 Å². The molecule has 0 atom stereocenters. The summed E-state index contributed by atoms with van der Waals surface area (Å²) in [5, 5.41) is 11.7. The van der Waals surface area contributed by atoms with E-state index in [2.05, 4.69) is 10.2 Å². The van der Waals surface area contributed by atoms with Gasteiger partial charge in [0.25, 0.3) is 5.91 Å². The summed E-state index contributed by atoms with van der Waals surface area (Å²) in [6.45, 7) is 3.22. The van der Waals surface area contributed by atoms with E-state index in [1.165, 1.54) is 37.0 Å². The van der Waals surface area contributed by atoms with Gasteiger partial charge in [-0.2, -0.15) is 0 Å². The molecule has 1 heterocycles. The molecule has 0 spiro atoms. The van der Waals surface area contributed by atoms with E-state index >= 15 is 0 Å². The number of amides is 1. The van der Waals surface area contributed by atoms with Gasteiger partial charge in [0.15, 0.2) is 0 Å². The fourth-order valence-electron chi connectivity index (χ4n) is 3.04. The topological polar surface area (TPSA) is 69.6 Å². The molecule has 0 unspecified atom stereocenters. The van der Waals surface area contributed by atoms with Gasteiger partial charge in [0, 0.05) is 17.8 Å². The van der Waals surface area contributed by atoms with Gasteiger partial charge in [-0.1, -0.05) is 18.6 Å². The number of benzene rings is 2. The molecule has 1 fully saturated rings. The second kappa shape index (κ2) is 7.94. The molecule has 1 saturated heterocycles. The number of aromatic carboxylic acids is 1. The Bertz CT molecular complexity index is 733. The zero-order chi connectivity index (χ0) is 17.6. The summed E-state index contributed by atoms with van der Waals surface area (Å²) in [4.78, 5) is 25.6. The Morgan fingerprint density at radius 2 is 1.48 bits per heavy atom. The molecule has 5 heteroatoms. The zero-order valence-corrected chi connectivity index (χ0v) is 14.1. The molecular weight excluding hydrogens is 316 g/mol. The second-order valence-corrected chi connectivity index (χ2v) is 6.37. The Labute approximate surface area is 147 Å². The summed E-state index contributed by atoms with van der Waals surface area (Å²) in [5.41, 5.74) is 2.57. The van der Waals surface area contributed by atoms with Crippen LogP contribution in [-0.2, 0) is 6.54 Å². The lowest BCUT2D eigenvalue weighted by Gasteiger charge is -2.26. The van der Waals surface area contributed by atoms with E-state index in [1.807, 2.05) is 24.3 Å². The van der Waals surface area contributed by atoms with Crippen LogP contribution in [0.4, 0.5) is 5.69 Å². The van der Waals surface area contributed by atoms with Gasteiger partial charge in [0.2, 0.25) is 0 Å². The van der Waals surface area contributed by atoms with E-state index in [1.54, 1.807) is 12.1 Å². The maximum atomic E-state index is 12.3. The number of carboxylic acids is 1. The van der Waals surface area contributed by atoms with Crippen LogP contribution in [0, 0.1) is 0 Å². The zero-order valence-electron chi connectivity index (χ0n) is 14.1. The van der Waals surface area contributed by atoms with Gasteiger partial charge in [-0.25, -0.2) is 4.79 Å². The summed E-state index contributed by atoms with van der Waals surface area (Å²) in [6, 6.07) is 13.8. The minimum atomic E-state index is -0.984. The first-order chi connectivity index (χ1) is 12.1.